The van der Waals surface area contributed by atoms with Crippen LogP contribution in [0.2, 0.25) is 0 Å². The fourth-order valence-electron chi connectivity index (χ4n) is 2.71. The largest absolute Gasteiger partial charge is 0.306 e. The Labute approximate surface area is 92.2 Å². The summed E-state index contributed by atoms with van der Waals surface area (Å²) < 4.78 is 0. The molecular weight excluding hydrogens is 196 g/mol. The van der Waals surface area contributed by atoms with Crippen LogP contribution < -0.4 is 0 Å². The van der Waals surface area contributed by atoms with Gasteiger partial charge in [-0.2, -0.15) is 0 Å². The summed E-state index contributed by atoms with van der Waals surface area (Å²) in [5, 5.41) is 0.405. The molecular formula is C11H21ClN2. The first kappa shape index (κ1) is 10.7. The van der Waals surface area contributed by atoms with Gasteiger partial charge in [-0.05, 0) is 45.3 Å². The Bertz CT molecular complexity index is 186. The van der Waals surface area contributed by atoms with Crippen LogP contribution in [0.3, 0.4) is 0 Å². The molecule has 2 atom stereocenters. The first-order chi connectivity index (χ1) is 6.74. The lowest BCUT2D eigenvalue weighted by Crippen LogP contribution is -2.39. The second-order valence-electron chi connectivity index (χ2n) is 4.92. The summed E-state index contributed by atoms with van der Waals surface area (Å²) in [5.74, 6) is 0.891. The molecule has 0 N–H and O–H groups in total. The standard InChI is InChI=1S/C11H21ClN2/c1-13-6-4-10(7-13)8-14-5-2-3-11(12)9-14/h10-11H,2-9H2,1H3. The maximum Gasteiger partial charge on any atom is 0.0463 e. The average Bonchev–Trinajstić information content (AvgIpc) is 2.51. The Morgan fingerprint density at radius 3 is 2.71 bits per heavy atom. The van der Waals surface area contributed by atoms with Crippen LogP contribution in [0.15, 0.2) is 0 Å². The van der Waals surface area contributed by atoms with Crippen molar-refractivity contribution in [1.82, 2.24) is 9.80 Å². The number of alkyl halides is 1. The third kappa shape index (κ3) is 2.85. The molecule has 2 nitrogen and oxygen atoms in total. The van der Waals surface area contributed by atoms with Gasteiger partial charge >= 0.3 is 0 Å². The van der Waals surface area contributed by atoms with Crippen molar-refractivity contribution in [2.45, 2.75) is 24.6 Å². The molecule has 14 heavy (non-hydrogen) atoms. The molecule has 0 saturated carbocycles. The molecule has 0 spiro atoms. The molecule has 2 fully saturated rings. The predicted molar refractivity (Wildman–Crippen MR) is 60.9 cm³/mol. The second kappa shape index (κ2) is 4.82. The average molecular weight is 217 g/mol. The van der Waals surface area contributed by atoms with E-state index >= 15 is 0 Å². The van der Waals surface area contributed by atoms with Gasteiger partial charge in [-0.25, -0.2) is 0 Å². The van der Waals surface area contributed by atoms with Crippen molar-refractivity contribution in [3.05, 3.63) is 0 Å². The van der Waals surface area contributed by atoms with Crippen molar-refractivity contribution < 1.29 is 0 Å². The van der Waals surface area contributed by atoms with E-state index in [0.29, 0.717) is 5.38 Å². The predicted octanol–water partition coefficient (Wildman–Crippen LogP) is 1.64. The maximum atomic E-state index is 6.17. The molecule has 82 valence electrons. The minimum atomic E-state index is 0.405. The Balaban J connectivity index is 1.74. The lowest BCUT2D eigenvalue weighted by atomic mass is 10.1. The van der Waals surface area contributed by atoms with Crippen LogP contribution in [-0.4, -0.2) is 54.9 Å². The summed E-state index contributed by atoms with van der Waals surface area (Å²) in [6.07, 6.45) is 3.87. The highest BCUT2D eigenvalue weighted by atomic mass is 35.5. The van der Waals surface area contributed by atoms with Gasteiger partial charge in [-0.15, -0.1) is 11.6 Å². The number of hydrogen-bond donors (Lipinski definition) is 0. The molecule has 0 aromatic heterocycles. The molecule has 2 saturated heterocycles. The third-order valence-electron chi connectivity index (χ3n) is 3.45. The maximum absolute atomic E-state index is 6.17. The molecule has 0 aliphatic carbocycles. The van der Waals surface area contributed by atoms with Gasteiger partial charge in [0.05, 0.1) is 0 Å². The van der Waals surface area contributed by atoms with Crippen molar-refractivity contribution >= 4 is 11.6 Å². The monoisotopic (exact) mass is 216 g/mol. The lowest BCUT2D eigenvalue weighted by molar-refractivity contribution is 0.199. The minimum absolute atomic E-state index is 0.405. The Hall–Kier alpha value is 0.210. The lowest BCUT2D eigenvalue weighted by Gasteiger charge is -2.31. The highest BCUT2D eigenvalue weighted by Gasteiger charge is 2.24. The summed E-state index contributed by atoms with van der Waals surface area (Å²) in [6, 6.07) is 0. The van der Waals surface area contributed by atoms with E-state index < -0.39 is 0 Å². The number of rotatable bonds is 2. The zero-order valence-corrected chi connectivity index (χ0v) is 9.84. The molecule has 0 bridgehead atoms. The van der Waals surface area contributed by atoms with Gasteiger partial charge in [0.15, 0.2) is 0 Å². The fraction of sp³-hybridized carbons (Fsp3) is 1.00. The first-order valence-corrected chi connectivity index (χ1v) is 6.22. The highest BCUT2D eigenvalue weighted by Crippen LogP contribution is 2.20. The van der Waals surface area contributed by atoms with Crippen LogP contribution in [0.25, 0.3) is 0 Å². The van der Waals surface area contributed by atoms with Crippen molar-refractivity contribution in [3.63, 3.8) is 0 Å². The zero-order valence-electron chi connectivity index (χ0n) is 9.08. The van der Waals surface area contributed by atoms with Gasteiger partial charge in [0.2, 0.25) is 0 Å². The molecule has 2 aliphatic rings. The first-order valence-electron chi connectivity index (χ1n) is 5.79. The number of piperidine rings is 1. The van der Waals surface area contributed by atoms with Crippen molar-refractivity contribution in [1.29, 1.82) is 0 Å². The van der Waals surface area contributed by atoms with Gasteiger partial charge in [0, 0.05) is 25.0 Å². The normalized spacial score (nSPS) is 36.4. The van der Waals surface area contributed by atoms with E-state index in [-0.39, 0.29) is 0 Å². The van der Waals surface area contributed by atoms with Crippen LogP contribution in [0.1, 0.15) is 19.3 Å². The van der Waals surface area contributed by atoms with Gasteiger partial charge in [0.25, 0.3) is 0 Å². The van der Waals surface area contributed by atoms with Crippen molar-refractivity contribution in [3.8, 4) is 0 Å². The summed E-state index contributed by atoms with van der Waals surface area (Å²) in [6.45, 7) is 6.21. The van der Waals surface area contributed by atoms with E-state index in [4.69, 9.17) is 11.6 Å². The van der Waals surface area contributed by atoms with E-state index in [1.54, 1.807) is 0 Å². The molecule has 0 aromatic carbocycles. The summed E-state index contributed by atoms with van der Waals surface area (Å²) in [5.41, 5.74) is 0. The molecule has 0 aromatic rings. The smallest absolute Gasteiger partial charge is 0.0463 e. The number of hydrogen-bond acceptors (Lipinski definition) is 2. The summed E-state index contributed by atoms with van der Waals surface area (Å²) >= 11 is 6.17. The van der Waals surface area contributed by atoms with E-state index in [0.717, 1.165) is 12.5 Å². The highest BCUT2D eigenvalue weighted by molar-refractivity contribution is 6.20. The third-order valence-corrected chi connectivity index (χ3v) is 3.81. The Morgan fingerprint density at radius 1 is 1.21 bits per heavy atom. The van der Waals surface area contributed by atoms with E-state index in [1.807, 2.05) is 0 Å². The van der Waals surface area contributed by atoms with E-state index in [9.17, 15) is 0 Å². The van der Waals surface area contributed by atoms with Gasteiger partial charge in [0.1, 0.15) is 0 Å². The quantitative estimate of drug-likeness (QED) is 0.648. The van der Waals surface area contributed by atoms with Gasteiger partial charge in [-0.1, -0.05) is 0 Å². The molecule has 2 rings (SSSR count). The van der Waals surface area contributed by atoms with Crippen LogP contribution in [-0.2, 0) is 0 Å². The van der Waals surface area contributed by atoms with Crippen LogP contribution in [0.4, 0.5) is 0 Å². The van der Waals surface area contributed by atoms with E-state index in [1.165, 1.54) is 45.4 Å². The topological polar surface area (TPSA) is 6.48 Å². The Morgan fingerprint density at radius 2 is 2.07 bits per heavy atom. The summed E-state index contributed by atoms with van der Waals surface area (Å²) in [4.78, 5) is 5.00. The zero-order chi connectivity index (χ0) is 9.97. The van der Waals surface area contributed by atoms with Crippen molar-refractivity contribution in [2.75, 3.05) is 39.8 Å². The number of nitrogens with zero attached hydrogens (tertiary/aromatic N) is 2. The van der Waals surface area contributed by atoms with Crippen LogP contribution in [0, 0.1) is 5.92 Å². The van der Waals surface area contributed by atoms with Crippen molar-refractivity contribution in [2.24, 2.45) is 5.92 Å². The molecule has 2 unspecified atom stereocenters. The van der Waals surface area contributed by atoms with Gasteiger partial charge < -0.3 is 9.80 Å². The second-order valence-corrected chi connectivity index (χ2v) is 5.53. The fourth-order valence-corrected chi connectivity index (χ4v) is 3.05. The number of likely N-dealkylation sites (tertiary alicyclic amines) is 2. The molecule has 2 aliphatic heterocycles. The molecule has 3 heteroatoms. The van der Waals surface area contributed by atoms with Gasteiger partial charge in [-0.3, -0.25) is 0 Å². The summed E-state index contributed by atoms with van der Waals surface area (Å²) in [7, 11) is 2.22. The van der Waals surface area contributed by atoms with E-state index in [2.05, 4.69) is 16.8 Å². The SMILES string of the molecule is CN1CCC(CN2CCCC(Cl)C2)C1. The molecule has 2 heterocycles. The molecule has 0 amide bonds. The molecule has 0 radical (unpaired) electrons. The number of halogens is 1. The van der Waals surface area contributed by atoms with Crippen LogP contribution >= 0.6 is 11.6 Å². The Kier molecular flexibility index (Phi) is 3.69. The van der Waals surface area contributed by atoms with Crippen LogP contribution in [0.5, 0.6) is 0 Å². The minimum Gasteiger partial charge on any atom is -0.306 e.